The summed E-state index contributed by atoms with van der Waals surface area (Å²) in [4.78, 5) is 48.7. The van der Waals surface area contributed by atoms with Crippen molar-refractivity contribution in [2.45, 2.75) is 91.1 Å². The van der Waals surface area contributed by atoms with E-state index < -0.39 is 24.0 Å². The van der Waals surface area contributed by atoms with Gasteiger partial charge in [0, 0.05) is 24.3 Å². The lowest BCUT2D eigenvalue weighted by molar-refractivity contribution is -0.147. The summed E-state index contributed by atoms with van der Waals surface area (Å²) in [7, 11) is 2.68. The summed E-state index contributed by atoms with van der Waals surface area (Å²) in [5.74, 6) is -0.714. The van der Waals surface area contributed by atoms with Gasteiger partial charge in [0.1, 0.15) is 12.1 Å². The fourth-order valence-corrected chi connectivity index (χ4v) is 4.96. The molecule has 186 valence electrons. The molecule has 0 radical (unpaired) electrons. The number of nitrogens with one attached hydrogen (secondary N) is 2. The molecule has 0 bridgehead atoms. The maximum Gasteiger partial charge on any atom is 0.329 e. The van der Waals surface area contributed by atoms with Crippen molar-refractivity contribution in [2.24, 2.45) is 0 Å². The predicted octanol–water partition coefficient (Wildman–Crippen LogP) is 3.62. The minimum atomic E-state index is -0.758. The highest BCUT2D eigenvalue weighted by atomic mass is 33.1. The standard InChI is InChI=1S/C22H40N2O6S2/c1-5-9-11-13-19(25)23-17(21(27)29-7-3)15-31-32-16-18(22(28)30-8-4)24-20(26)14-12-10-6-2/h17-18H,5-16H2,1-4H3,(H,23,25)(H,24,26)/t17-,18-/m0/s1. The van der Waals surface area contributed by atoms with Gasteiger partial charge in [0.05, 0.1) is 13.2 Å². The zero-order valence-electron chi connectivity index (χ0n) is 19.9. The highest BCUT2D eigenvalue weighted by Gasteiger charge is 2.25. The molecule has 0 aromatic carbocycles. The quantitative estimate of drug-likeness (QED) is 0.160. The van der Waals surface area contributed by atoms with E-state index in [1.807, 2.05) is 0 Å². The van der Waals surface area contributed by atoms with Crippen molar-refractivity contribution < 1.29 is 28.7 Å². The zero-order valence-corrected chi connectivity index (χ0v) is 21.5. The van der Waals surface area contributed by atoms with Crippen LogP contribution in [0.15, 0.2) is 0 Å². The molecule has 0 aromatic rings. The van der Waals surface area contributed by atoms with Crippen LogP contribution in [0.1, 0.15) is 79.1 Å². The molecule has 0 aromatic heterocycles. The fourth-order valence-electron chi connectivity index (χ4n) is 2.66. The van der Waals surface area contributed by atoms with Crippen molar-refractivity contribution in [1.82, 2.24) is 10.6 Å². The first-order valence-corrected chi connectivity index (χ1v) is 14.0. The molecular formula is C22H40N2O6S2. The van der Waals surface area contributed by atoms with Gasteiger partial charge in [-0.1, -0.05) is 61.1 Å². The largest absolute Gasteiger partial charge is 0.464 e. The molecule has 0 unspecified atom stereocenters. The van der Waals surface area contributed by atoms with Crippen LogP contribution < -0.4 is 10.6 Å². The molecule has 2 amide bonds. The number of rotatable bonds is 19. The average Bonchev–Trinajstić information content (AvgIpc) is 2.75. The maximum atomic E-state index is 12.2. The number of esters is 2. The van der Waals surface area contributed by atoms with E-state index in [2.05, 4.69) is 24.5 Å². The molecule has 2 N–H and O–H groups in total. The van der Waals surface area contributed by atoms with Gasteiger partial charge < -0.3 is 20.1 Å². The molecule has 0 spiro atoms. The van der Waals surface area contributed by atoms with Gasteiger partial charge in [0.15, 0.2) is 0 Å². The van der Waals surface area contributed by atoms with E-state index in [1.54, 1.807) is 13.8 Å². The Labute approximate surface area is 200 Å². The summed E-state index contributed by atoms with van der Waals surface area (Å²) >= 11 is 0. The van der Waals surface area contributed by atoms with Crippen LogP contribution in [0.5, 0.6) is 0 Å². The Morgan fingerprint density at radius 1 is 0.656 bits per heavy atom. The lowest BCUT2D eigenvalue weighted by Crippen LogP contribution is -2.44. The lowest BCUT2D eigenvalue weighted by Gasteiger charge is -2.19. The van der Waals surface area contributed by atoms with E-state index in [0.29, 0.717) is 24.3 Å². The summed E-state index contributed by atoms with van der Waals surface area (Å²) < 4.78 is 10.1. The number of hydrogen-bond donors (Lipinski definition) is 2. The summed E-state index contributed by atoms with van der Waals surface area (Å²) in [6.07, 6.45) is 6.24. The number of unbranched alkanes of at least 4 members (excludes halogenated alkanes) is 4. The fraction of sp³-hybridized carbons (Fsp3) is 0.818. The van der Waals surface area contributed by atoms with E-state index >= 15 is 0 Å². The van der Waals surface area contributed by atoms with Crippen LogP contribution in [-0.2, 0) is 28.7 Å². The monoisotopic (exact) mass is 492 g/mol. The number of amides is 2. The van der Waals surface area contributed by atoms with Gasteiger partial charge in [-0.25, -0.2) is 9.59 Å². The Morgan fingerprint density at radius 2 is 1.03 bits per heavy atom. The molecule has 0 aliphatic carbocycles. The third-order valence-electron chi connectivity index (χ3n) is 4.38. The molecule has 0 heterocycles. The Hall–Kier alpha value is -1.42. The molecule has 0 saturated heterocycles. The van der Waals surface area contributed by atoms with Gasteiger partial charge in [0.25, 0.3) is 0 Å². The molecular weight excluding hydrogens is 452 g/mol. The Kier molecular flexibility index (Phi) is 19.3. The topological polar surface area (TPSA) is 111 Å². The van der Waals surface area contributed by atoms with Gasteiger partial charge >= 0.3 is 11.9 Å². The molecule has 10 heteroatoms. The summed E-state index contributed by atoms with van der Waals surface area (Å²) in [6, 6.07) is -1.52. The molecule has 0 aliphatic heterocycles. The number of hydrogen-bond acceptors (Lipinski definition) is 8. The molecule has 0 fully saturated rings. The van der Waals surface area contributed by atoms with Crippen molar-refractivity contribution in [3.05, 3.63) is 0 Å². The van der Waals surface area contributed by atoms with Crippen molar-refractivity contribution in [3.63, 3.8) is 0 Å². The Morgan fingerprint density at radius 3 is 1.34 bits per heavy atom. The lowest BCUT2D eigenvalue weighted by atomic mass is 10.2. The van der Waals surface area contributed by atoms with Gasteiger partial charge in [-0.05, 0) is 26.7 Å². The second-order valence-electron chi connectivity index (χ2n) is 7.23. The molecule has 32 heavy (non-hydrogen) atoms. The highest BCUT2D eigenvalue weighted by Crippen LogP contribution is 2.24. The van der Waals surface area contributed by atoms with Crippen LogP contribution in [0, 0.1) is 0 Å². The van der Waals surface area contributed by atoms with Crippen LogP contribution in [-0.4, -0.2) is 60.6 Å². The summed E-state index contributed by atoms with van der Waals surface area (Å²) in [5, 5.41) is 5.49. The van der Waals surface area contributed by atoms with E-state index in [1.165, 1.54) is 21.6 Å². The average molecular weight is 493 g/mol. The zero-order chi connectivity index (χ0) is 24.2. The van der Waals surface area contributed by atoms with Crippen LogP contribution in [0.4, 0.5) is 0 Å². The first-order valence-electron chi connectivity index (χ1n) is 11.6. The SMILES string of the molecule is CCCCCC(=O)N[C@@H](CSSC[C@H](NC(=O)CCCCC)C(=O)OCC)C(=O)OCC. The van der Waals surface area contributed by atoms with E-state index in [0.717, 1.165) is 38.5 Å². The third kappa shape index (κ3) is 15.4. The van der Waals surface area contributed by atoms with Crippen molar-refractivity contribution in [3.8, 4) is 0 Å². The number of carbonyl (C=O) groups excluding carboxylic acids is 4. The van der Waals surface area contributed by atoms with Crippen molar-refractivity contribution in [1.29, 1.82) is 0 Å². The Balaban J connectivity index is 4.69. The molecule has 0 rings (SSSR count). The van der Waals surface area contributed by atoms with Crippen LogP contribution in [0.25, 0.3) is 0 Å². The van der Waals surface area contributed by atoms with Crippen LogP contribution in [0.3, 0.4) is 0 Å². The van der Waals surface area contributed by atoms with E-state index in [4.69, 9.17) is 9.47 Å². The second kappa shape index (κ2) is 20.2. The highest BCUT2D eigenvalue weighted by molar-refractivity contribution is 8.76. The van der Waals surface area contributed by atoms with Crippen molar-refractivity contribution in [2.75, 3.05) is 24.7 Å². The minimum absolute atomic E-state index is 0.175. The minimum Gasteiger partial charge on any atom is -0.464 e. The van der Waals surface area contributed by atoms with Gasteiger partial charge in [-0.3, -0.25) is 9.59 Å². The third-order valence-corrected chi connectivity index (χ3v) is 6.80. The predicted molar refractivity (Wildman–Crippen MR) is 130 cm³/mol. The first-order chi connectivity index (χ1) is 15.4. The van der Waals surface area contributed by atoms with Crippen molar-refractivity contribution >= 4 is 45.3 Å². The second-order valence-corrected chi connectivity index (χ2v) is 9.78. The number of ether oxygens (including phenoxy) is 2. The summed E-state index contributed by atoms with van der Waals surface area (Å²) in [5.41, 5.74) is 0. The smallest absolute Gasteiger partial charge is 0.329 e. The van der Waals surface area contributed by atoms with Crippen LogP contribution >= 0.6 is 21.6 Å². The normalized spacial score (nSPS) is 12.5. The van der Waals surface area contributed by atoms with Gasteiger partial charge in [-0.2, -0.15) is 0 Å². The first kappa shape index (κ1) is 30.6. The molecule has 2 atom stereocenters. The van der Waals surface area contributed by atoms with E-state index in [-0.39, 0.29) is 25.0 Å². The molecule has 0 saturated carbocycles. The Bertz CT molecular complexity index is 515. The molecule has 0 aliphatic rings. The molecule has 8 nitrogen and oxygen atoms in total. The maximum absolute atomic E-state index is 12.2. The van der Waals surface area contributed by atoms with Crippen LogP contribution in [0.2, 0.25) is 0 Å². The van der Waals surface area contributed by atoms with Gasteiger partial charge in [0.2, 0.25) is 11.8 Å². The van der Waals surface area contributed by atoms with E-state index in [9.17, 15) is 19.2 Å². The summed E-state index contributed by atoms with van der Waals surface area (Å²) in [6.45, 7) is 8.01. The number of carbonyl (C=O) groups is 4. The van der Waals surface area contributed by atoms with Gasteiger partial charge in [-0.15, -0.1) is 0 Å².